The van der Waals surface area contributed by atoms with Gasteiger partial charge in [0.05, 0.1) is 22.9 Å². The van der Waals surface area contributed by atoms with Crippen molar-refractivity contribution in [3.63, 3.8) is 0 Å². The predicted octanol–water partition coefficient (Wildman–Crippen LogP) is 1.46. The number of fused-ring (bicyclic) bond motifs is 1. The summed E-state index contributed by atoms with van der Waals surface area (Å²) in [5.74, 6) is 0.837. The third-order valence-corrected chi connectivity index (χ3v) is 4.22. The Morgan fingerprint density at radius 2 is 1.97 bits per heavy atom. The van der Waals surface area contributed by atoms with Crippen LogP contribution in [0.5, 0.6) is 0 Å². The van der Waals surface area contributed by atoms with Gasteiger partial charge in [-0.1, -0.05) is 25.5 Å². The second-order valence-corrected chi connectivity index (χ2v) is 6.58. The van der Waals surface area contributed by atoms with Crippen molar-refractivity contribution < 1.29 is 56.2 Å². The number of imidazole rings is 1. The molecular formula is C24H30KN5O-2. The predicted molar refractivity (Wildman–Crippen MR) is 123 cm³/mol. The van der Waals surface area contributed by atoms with E-state index >= 15 is 0 Å². The molecule has 2 aromatic heterocycles. The minimum absolute atomic E-state index is 0. The fourth-order valence-electron chi connectivity index (χ4n) is 2.63. The summed E-state index contributed by atoms with van der Waals surface area (Å²) < 4.78 is 2.10. The molecule has 0 bridgehead atoms. The van der Waals surface area contributed by atoms with Crippen molar-refractivity contribution in [2.24, 2.45) is 7.05 Å². The summed E-state index contributed by atoms with van der Waals surface area (Å²) in [7, 11) is 3.95. The molecule has 0 fully saturated rings. The van der Waals surface area contributed by atoms with Gasteiger partial charge in [0, 0.05) is 20.3 Å². The molecule has 0 atom stereocenters. The van der Waals surface area contributed by atoms with E-state index in [0.29, 0.717) is 24.9 Å². The molecule has 0 amide bonds. The van der Waals surface area contributed by atoms with Crippen molar-refractivity contribution in [3.8, 4) is 6.07 Å². The number of pyridine rings is 1. The second kappa shape index (κ2) is 17.0. The Labute approximate surface area is 229 Å². The van der Waals surface area contributed by atoms with Crippen molar-refractivity contribution in [1.82, 2.24) is 14.5 Å². The van der Waals surface area contributed by atoms with Gasteiger partial charge in [-0.25, -0.2) is 16.4 Å². The first-order valence-electron chi connectivity index (χ1n) is 9.91. The van der Waals surface area contributed by atoms with Gasteiger partial charge in [0.2, 0.25) is 0 Å². The number of unbranched alkanes of at least 4 members (excludes halogenated alkanes) is 1. The van der Waals surface area contributed by atoms with Gasteiger partial charge in [-0.15, -0.1) is 6.54 Å². The van der Waals surface area contributed by atoms with Crippen LogP contribution in [0.3, 0.4) is 0 Å². The quantitative estimate of drug-likeness (QED) is 0.426. The van der Waals surface area contributed by atoms with E-state index in [1.807, 2.05) is 30.4 Å². The van der Waals surface area contributed by atoms with Gasteiger partial charge in [0.15, 0.2) is 0 Å². The van der Waals surface area contributed by atoms with E-state index in [4.69, 9.17) is 5.26 Å². The van der Waals surface area contributed by atoms with Crippen molar-refractivity contribution in [2.75, 3.05) is 18.5 Å². The third kappa shape index (κ3) is 10.1. The molecule has 0 spiro atoms. The van der Waals surface area contributed by atoms with Gasteiger partial charge in [-0.3, -0.25) is 6.29 Å². The van der Waals surface area contributed by atoms with E-state index in [0.717, 1.165) is 17.8 Å². The number of rotatable bonds is 6. The maximum Gasteiger partial charge on any atom is 1.00 e. The summed E-state index contributed by atoms with van der Waals surface area (Å²) in [5.41, 5.74) is 4.37. The molecule has 0 unspecified atom stereocenters. The summed E-state index contributed by atoms with van der Waals surface area (Å²) in [4.78, 5) is 19.6. The summed E-state index contributed by atoms with van der Waals surface area (Å²) in [5, 5.41) is 8.51. The number of nitrogens with zero attached hydrogens (tertiary/aromatic N) is 5. The van der Waals surface area contributed by atoms with E-state index in [1.54, 1.807) is 18.5 Å². The van der Waals surface area contributed by atoms with Gasteiger partial charge < -0.3 is 28.1 Å². The molecule has 0 radical (unpaired) electrons. The van der Waals surface area contributed by atoms with Gasteiger partial charge in [-0.05, 0) is 30.2 Å². The molecule has 0 aliphatic rings. The Balaban J connectivity index is 0.000000469. The summed E-state index contributed by atoms with van der Waals surface area (Å²) >= 11 is 0. The normalized spacial score (nSPS) is 9.29. The number of hydrogen-bond donors (Lipinski definition) is 0. The SMILES string of the molecule is CCCc1cccc2ncn(C)c12.[CH2-]CC[C-]=O.[CH2-]CN(C)c1ccc(C#N)cn1.[K+]. The molecule has 0 aliphatic heterocycles. The number of aromatic nitrogens is 3. The number of hydrogen-bond acceptors (Lipinski definition) is 5. The monoisotopic (exact) mass is 443 g/mol. The zero-order valence-electron chi connectivity index (χ0n) is 19.1. The molecular weight excluding hydrogens is 413 g/mol. The van der Waals surface area contributed by atoms with E-state index in [9.17, 15) is 4.79 Å². The summed E-state index contributed by atoms with van der Waals surface area (Å²) in [6, 6.07) is 11.9. The number of nitriles is 1. The van der Waals surface area contributed by atoms with E-state index in [-0.39, 0.29) is 51.4 Å². The first-order chi connectivity index (χ1) is 14.5. The molecule has 2 heterocycles. The molecule has 0 aliphatic carbocycles. The Hall–Kier alpha value is -1.56. The Morgan fingerprint density at radius 3 is 2.45 bits per heavy atom. The largest absolute Gasteiger partial charge is 1.00 e. The minimum Gasteiger partial charge on any atom is -0.542 e. The maximum absolute atomic E-state index is 9.24. The average Bonchev–Trinajstić information content (AvgIpc) is 3.17. The standard InChI is InChI=1S/C11H14N2.C9H10N3.C4H6O.K/c1-3-5-9-6-4-7-10-11(9)13(2)8-12-10;1-3-12(2)9-5-4-8(6-10)7-11-9;1-2-3-4-5;/h4,6-8H,3,5H2,1-2H3;4-5,7H,1,3H2,2H3;1-3H2;/q;-1;-2;+1. The molecule has 3 aromatic rings. The van der Waals surface area contributed by atoms with Crippen LogP contribution in [0, 0.1) is 25.2 Å². The topological polar surface area (TPSA) is 74.8 Å². The number of para-hydroxylation sites is 1. The third-order valence-electron chi connectivity index (χ3n) is 4.22. The molecule has 0 saturated carbocycles. The zero-order chi connectivity index (χ0) is 22.4. The van der Waals surface area contributed by atoms with Crippen molar-refractivity contribution in [3.05, 3.63) is 67.8 Å². The molecule has 31 heavy (non-hydrogen) atoms. The minimum atomic E-state index is 0. The smallest absolute Gasteiger partial charge is 0.542 e. The van der Waals surface area contributed by atoms with Crippen LogP contribution in [0.4, 0.5) is 5.82 Å². The van der Waals surface area contributed by atoms with Crippen LogP contribution in [-0.2, 0) is 18.3 Å². The van der Waals surface area contributed by atoms with Crippen LogP contribution in [0.15, 0.2) is 42.9 Å². The zero-order valence-corrected chi connectivity index (χ0v) is 22.3. The van der Waals surface area contributed by atoms with Gasteiger partial charge >= 0.3 is 51.4 Å². The van der Waals surface area contributed by atoms with Gasteiger partial charge in [0.25, 0.3) is 0 Å². The maximum atomic E-state index is 9.24. The van der Waals surface area contributed by atoms with Crippen molar-refractivity contribution in [1.29, 1.82) is 5.26 Å². The Kier molecular flexibility index (Phi) is 16.2. The Bertz CT molecular complexity index is 931. The fraction of sp³-hybridized carbons (Fsp3) is 0.333. The van der Waals surface area contributed by atoms with Crippen LogP contribution < -0.4 is 56.3 Å². The average molecular weight is 444 g/mol. The van der Waals surface area contributed by atoms with Crippen LogP contribution in [0.2, 0.25) is 0 Å². The molecule has 160 valence electrons. The molecule has 1 aromatic carbocycles. The first-order valence-corrected chi connectivity index (χ1v) is 9.91. The second-order valence-electron chi connectivity index (χ2n) is 6.58. The number of anilines is 1. The fourth-order valence-corrected chi connectivity index (χ4v) is 2.63. The van der Waals surface area contributed by atoms with Crippen molar-refractivity contribution in [2.45, 2.75) is 32.6 Å². The first kappa shape index (κ1) is 29.4. The van der Waals surface area contributed by atoms with Gasteiger partial charge in [-0.2, -0.15) is 11.7 Å². The number of carbonyl (C=O) groups excluding carboxylic acids is 1. The summed E-state index contributed by atoms with van der Waals surface area (Å²) in [6.45, 7) is 10.0. The van der Waals surface area contributed by atoms with Gasteiger partial charge in [0.1, 0.15) is 11.9 Å². The molecule has 6 nitrogen and oxygen atoms in total. The van der Waals surface area contributed by atoms with Crippen molar-refractivity contribution >= 4 is 23.1 Å². The van der Waals surface area contributed by atoms with Crippen LogP contribution in [0.25, 0.3) is 11.0 Å². The molecule has 7 heteroatoms. The molecule has 0 N–H and O–H groups in total. The van der Waals surface area contributed by atoms with E-state index in [2.05, 4.69) is 60.6 Å². The van der Waals surface area contributed by atoms with E-state index < -0.39 is 0 Å². The number of benzene rings is 1. The molecule has 3 rings (SSSR count). The van der Waals surface area contributed by atoms with Crippen LogP contribution in [0.1, 0.15) is 37.3 Å². The number of aryl methyl sites for hydroxylation is 2. The molecule has 0 saturated heterocycles. The van der Waals surface area contributed by atoms with Crippen LogP contribution in [-0.4, -0.2) is 34.4 Å². The Morgan fingerprint density at radius 1 is 1.23 bits per heavy atom. The summed E-state index contributed by atoms with van der Waals surface area (Å²) in [6.07, 6.45) is 8.60. The van der Waals surface area contributed by atoms with E-state index in [1.165, 1.54) is 17.5 Å². The van der Waals surface area contributed by atoms with Crippen LogP contribution >= 0.6 is 0 Å².